The van der Waals surface area contributed by atoms with Crippen molar-refractivity contribution in [2.24, 2.45) is 0 Å². The topological polar surface area (TPSA) is 50.7 Å². The molecule has 0 radical (unpaired) electrons. The number of pyridine rings is 1. The molecule has 0 atom stereocenters. The third-order valence-corrected chi connectivity index (χ3v) is 3.59. The van der Waals surface area contributed by atoms with Gasteiger partial charge in [0.15, 0.2) is 5.15 Å². The third-order valence-electron chi connectivity index (χ3n) is 2.56. The van der Waals surface area contributed by atoms with Crippen LogP contribution in [0.3, 0.4) is 0 Å². The standard InChI is InChI=1S/C12H13BrClN3O/c1-12(2,3)9-8(13)11(18)17(16-9)7-5-4-6-15-10(7)14/h4-6,16H,1-3H3. The van der Waals surface area contributed by atoms with Crippen LogP contribution in [0.4, 0.5) is 0 Å². The second-order valence-electron chi connectivity index (χ2n) is 5.00. The summed E-state index contributed by atoms with van der Waals surface area (Å²) in [6.45, 7) is 6.08. The van der Waals surface area contributed by atoms with Gasteiger partial charge in [-0.1, -0.05) is 32.4 Å². The number of nitrogens with one attached hydrogen (secondary N) is 1. The third kappa shape index (κ3) is 2.24. The molecule has 2 aromatic heterocycles. The first-order valence-electron chi connectivity index (χ1n) is 5.44. The van der Waals surface area contributed by atoms with Gasteiger partial charge in [0.05, 0.1) is 5.69 Å². The van der Waals surface area contributed by atoms with Crippen LogP contribution in [0.2, 0.25) is 5.15 Å². The van der Waals surface area contributed by atoms with E-state index in [4.69, 9.17) is 11.6 Å². The van der Waals surface area contributed by atoms with Crippen LogP contribution in [0.15, 0.2) is 27.6 Å². The van der Waals surface area contributed by atoms with Crippen molar-refractivity contribution in [2.45, 2.75) is 26.2 Å². The van der Waals surface area contributed by atoms with Crippen molar-refractivity contribution >= 4 is 27.5 Å². The van der Waals surface area contributed by atoms with Crippen LogP contribution in [0, 0.1) is 0 Å². The van der Waals surface area contributed by atoms with Crippen molar-refractivity contribution in [1.82, 2.24) is 14.8 Å². The maximum atomic E-state index is 12.2. The van der Waals surface area contributed by atoms with Gasteiger partial charge in [-0.15, -0.1) is 0 Å². The molecule has 1 N–H and O–H groups in total. The van der Waals surface area contributed by atoms with E-state index in [1.165, 1.54) is 4.68 Å². The van der Waals surface area contributed by atoms with Crippen LogP contribution in [0.5, 0.6) is 0 Å². The number of hydrogen-bond acceptors (Lipinski definition) is 2. The van der Waals surface area contributed by atoms with Gasteiger partial charge in [0.25, 0.3) is 5.56 Å². The Morgan fingerprint density at radius 3 is 2.61 bits per heavy atom. The molecule has 2 heterocycles. The molecule has 4 nitrogen and oxygen atoms in total. The van der Waals surface area contributed by atoms with E-state index in [0.717, 1.165) is 5.69 Å². The second-order valence-corrected chi connectivity index (χ2v) is 6.16. The molecule has 18 heavy (non-hydrogen) atoms. The molecule has 0 amide bonds. The summed E-state index contributed by atoms with van der Waals surface area (Å²) < 4.78 is 1.93. The fourth-order valence-electron chi connectivity index (χ4n) is 1.63. The van der Waals surface area contributed by atoms with Crippen LogP contribution in [0.25, 0.3) is 5.69 Å². The minimum absolute atomic E-state index is 0.169. The molecule has 0 aliphatic rings. The first-order valence-corrected chi connectivity index (χ1v) is 6.61. The quantitative estimate of drug-likeness (QED) is 0.816. The lowest BCUT2D eigenvalue weighted by molar-refractivity contribution is 0.557. The zero-order chi connectivity index (χ0) is 13.5. The number of nitrogens with zero attached hydrogens (tertiary/aromatic N) is 2. The molecule has 2 aromatic rings. The van der Waals surface area contributed by atoms with Crippen LogP contribution in [-0.2, 0) is 5.41 Å². The van der Waals surface area contributed by atoms with Crippen molar-refractivity contribution < 1.29 is 0 Å². The molecule has 0 unspecified atom stereocenters. The van der Waals surface area contributed by atoms with Gasteiger partial charge in [-0.3, -0.25) is 9.89 Å². The lowest BCUT2D eigenvalue weighted by Crippen LogP contribution is -2.15. The van der Waals surface area contributed by atoms with E-state index < -0.39 is 0 Å². The maximum Gasteiger partial charge on any atom is 0.285 e. The van der Waals surface area contributed by atoms with Crippen molar-refractivity contribution in [2.75, 3.05) is 0 Å². The van der Waals surface area contributed by atoms with E-state index >= 15 is 0 Å². The smallest absolute Gasteiger partial charge is 0.285 e. The first-order chi connectivity index (χ1) is 8.32. The highest BCUT2D eigenvalue weighted by atomic mass is 79.9. The van der Waals surface area contributed by atoms with E-state index in [1.807, 2.05) is 20.8 Å². The van der Waals surface area contributed by atoms with E-state index in [1.54, 1.807) is 18.3 Å². The van der Waals surface area contributed by atoms with Gasteiger partial charge in [0.1, 0.15) is 10.2 Å². The Kier molecular flexibility index (Phi) is 3.38. The summed E-state index contributed by atoms with van der Waals surface area (Å²) in [5.74, 6) is 0. The van der Waals surface area contributed by atoms with Crippen molar-refractivity contribution in [1.29, 1.82) is 0 Å². The van der Waals surface area contributed by atoms with Crippen LogP contribution in [-0.4, -0.2) is 14.8 Å². The summed E-state index contributed by atoms with van der Waals surface area (Å²) in [6, 6.07) is 3.48. The molecule has 2 rings (SSSR count). The second kappa shape index (κ2) is 4.55. The lowest BCUT2D eigenvalue weighted by atomic mass is 9.93. The average molecular weight is 331 g/mol. The van der Waals surface area contributed by atoms with E-state index in [0.29, 0.717) is 10.2 Å². The Morgan fingerprint density at radius 2 is 2.11 bits per heavy atom. The Hall–Kier alpha value is -1.07. The average Bonchev–Trinajstić information content (AvgIpc) is 2.57. The Balaban J connectivity index is 2.69. The van der Waals surface area contributed by atoms with Crippen LogP contribution in [0.1, 0.15) is 26.5 Å². The summed E-state index contributed by atoms with van der Waals surface area (Å²) in [5.41, 5.74) is 1.03. The van der Waals surface area contributed by atoms with Gasteiger partial charge in [-0.2, -0.15) is 0 Å². The predicted molar refractivity (Wildman–Crippen MR) is 75.6 cm³/mol. The van der Waals surface area contributed by atoms with Gasteiger partial charge in [0.2, 0.25) is 0 Å². The molecular formula is C12H13BrClN3O. The predicted octanol–water partition coefficient (Wildman–Crippen LogP) is 3.27. The minimum Gasteiger partial charge on any atom is -0.293 e. The first kappa shape index (κ1) is 13.4. The SMILES string of the molecule is CC(C)(C)c1[nH]n(-c2cccnc2Cl)c(=O)c1Br. The minimum atomic E-state index is -0.171. The Morgan fingerprint density at radius 1 is 1.44 bits per heavy atom. The summed E-state index contributed by atoms with van der Waals surface area (Å²) in [5, 5.41) is 3.37. The Bertz CT molecular complexity index is 640. The molecule has 0 saturated heterocycles. The fourth-order valence-corrected chi connectivity index (χ4v) is 2.69. The molecule has 0 aliphatic heterocycles. The summed E-state index contributed by atoms with van der Waals surface area (Å²) in [4.78, 5) is 16.2. The zero-order valence-corrected chi connectivity index (χ0v) is 12.6. The highest BCUT2D eigenvalue weighted by Gasteiger charge is 2.24. The molecule has 96 valence electrons. The van der Waals surface area contributed by atoms with Gasteiger partial charge >= 0.3 is 0 Å². The van der Waals surface area contributed by atoms with Crippen molar-refractivity contribution in [3.8, 4) is 5.69 Å². The van der Waals surface area contributed by atoms with Crippen LogP contribution < -0.4 is 5.56 Å². The number of aromatic amines is 1. The number of halogens is 2. The van der Waals surface area contributed by atoms with Gasteiger partial charge in [-0.25, -0.2) is 9.67 Å². The molecule has 0 aliphatic carbocycles. The van der Waals surface area contributed by atoms with Gasteiger partial charge < -0.3 is 0 Å². The number of hydrogen-bond donors (Lipinski definition) is 1. The molecule has 6 heteroatoms. The van der Waals surface area contributed by atoms with Crippen molar-refractivity contribution in [3.63, 3.8) is 0 Å². The largest absolute Gasteiger partial charge is 0.293 e. The van der Waals surface area contributed by atoms with Crippen LogP contribution >= 0.6 is 27.5 Å². The van der Waals surface area contributed by atoms with E-state index in [9.17, 15) is 4.79 Å². The molecule has 0 saturated carbocycles. The summed E-state index contributed by atoms with van der Waals surface area (Å²) in [7, 11) is 0. The van der Waals surface area contributed by atoms with Gasteiger partial charge in [-0.05, 0) is 28.1 Å². The monoisotopic (exact) mass is 329 g/mol. The van der Waals surface area contributed by atoms with Crippen molar-refractivity contribution in [3.05, 3.63) is 44.0 Å². The normalized spacial score (nSPS) is 11.8. The van der Waals surface area contributed by atoms with Gasteiger partial charge in [0, 0.05) is 11.6 Å². The fraction of sp³-hybridized carbons (Fsp3) is 0.333. The highest BCUT2D eigenvalue weighted by Crippen LogP contribution is 2.27. The molecule has 0 aromatic carbocycles. The number of H-pyrrole nitrogens is 1. The molecule has 0 spiro atoms. The molecule has 0 fully saturated rings. The maximum absolute atomic E-state index is 12.2. The van der Waals surface area contributed by atoms with E-state index in [-0.39, 0.29) is 16.1 Å². The zero-order valence-electron chi connectivity index (χ0n) is 10.3. The molecular weight excluding hydrogens is 318 g/mol. The number of rotatable bonds is 1. The Labute approximate surface area is 118 Å². The summed E-state index contributed by atoms with van der Waals surface area (Å²) >= 11 is 9.33. The summed E-state index contributed by atoms with van der Waals surface area (Å²) in [6.07, 6.45) is 1.58. The highest BCUT2D eigenvalue weighted by molar-refractivity contribution is 9.10. The van der Waals surface area contributed by atoms with E-state index in [2.05, 4.69) is 26.0 Å². The number of aromatic nitrogens is 3. The lowest BCUT2D eigenvalue weighted by Gasteiger charge is -2.16. The molecule has 0 bridgehead atoms.